The van der Waals surface area contributed by atoms with Gasteiger partial charge in [-0.3, -0.25) is 0 Å². The van der Waals surface area contributed by atoms with Gasteiger partial charge in [0.2, 0.25) is 0 Å². The molecule has 6 N–H and O–H groups in total. The average molecular weight is 294 g/mol. The summed E-state index contributed by atoms with van der Waals surface area (Å²) in [6, 6.07) is 0. The molecule has 0 aliphatic carbocycles. The van der Waals surface area contributed by atoms with Crippen LogP contribution in [0.3, 0.4) is 0 Å². The maximum Gasteiger partial charge on any atom is 0.197 e. The van der Waals surface area contributed by atoms with Gasteiger partial charge in [0.25, 0.3) is 0 Å². The van der Waals surface area contributed by atoms with Gasteiger partial charge < -0.3 is 35.4 Å². The fourth-order valence-electron chi connectivity index (χ4n) is 2.46. The molecule has 120 valence electrons. The van der Waals surface area contributed by atoms with E-state index >= 15 is 0 Å². The van der Waals surface area contributed by atoms with E-state index in [0.29, 0.717) is 6.42 Å². The quantitative estimate of drug-likeness (QED) is 0.314. The van der Waals surface area contributed by atoms with Crippen LogP contribution in [0.25, 0.3) is 0 Å². The number of aliphatic hydroxyl groups is 6. The lowest BCUT2D eigenvalue weighted by Gasteiger charge is -2.46. The Labute approximate surface area is 118 Å². The zero-order chi connectivity index (χ0) is 15.3. The number of unbranched alkanes of at least 4 members (excludes halogenated alkanes) is 2. The van der Waals surface area contributed by atoms with Crippen LogP contribution in [0.5, 0.6) is 0 Å². The SMILES string of the molecule is CCCCCC(O)C[C@]1(O)O[C@H](CO)[C@H](O)[C@H](O)[C@H]1O. The second kappa shape index (κ2) is 7.65. The van der Waals surface area contributed by atoms with Crippen molar-refractivity contribution in [2.45, 2.75) is 75.3 Å². The highest BCUT2D eigenvalue weighted by molar-refractivity contribution is 4.96. The second-order valence-electron chi connectivity index (χ2n) is 5.46. The lowest BCUT2D eigenvalue weighted by Crippen LogP contribution is -2.65. The summed E-state index contributed by atoms with van der Waals surface area (Å²) in [6.07, 6.45) is -4.13. The number of aliphatic hydroxyl groups excluding tert-OH is 5. The lowest BCUT2D eigenvalue weighted by atomic mass is 9.88. The van der Waals surface area contributed by atoms with Crippen LogP contribution < -0.4 is 0 Å². The Morgan fingerprint density at radius 1 is 1.15 bits per heavy atom. The third kappa shape index (κ3) is 4.11. The Morgan fingerprint density at radius 3 is 2.35 bits per heavy atom. The van der Waals surface area contributed by atoms with E-state index in [-0.39, 0.29) is 6.42 Å². The standard InChI is InChI=1S/C13H26O7/c1-2-3-4-5-8(15)6-13(19)12(18)11(17)10(16)9(7-14)20-13/h8-12,14-19H,2-7H2,1H3/t8?,9-,10+,11+,12-,13+/m1/s1. The molecule has 0 radical (unpaired) electrons. The minimum atomic E-state index is -2.18. The third-order valence-corrected chi connectivity index (χ3v) is 3.72. The van der Waals surface area contributed by atoms with Crippen LogP contribution in [0.1, 0.15) is 39.0 Å². The minimum Gasteiger partial charge on any atom is -0.394 e. The van der Waals surface area contributed by atoms with E-state index in [0.717, 1.165) is 19.3 Å². The van der Waals surface area contributed by atoms with Crippen molar-refractivity contribution in [2.75, 3.05) is 6.61 Å². The lowest BCUT2D eigenvalue weighted by molar-refractivity contribution is -0.355. The van der Waals surface area contributed by atoms with Gasteiger partial charge in [0.05, 0.1) is 12.7 Å². The van der Waals surface area contributed by atoms with Crippen molar-refractivity contribution in [1.82, 2.24) is 0 Å². The van der Waals surface area contributed by atoms with Crippen molar-refractivity contribution in [3.05, 3.63) is 0 Å². The number of hydrogen-bond donors (Lipinski definition) is 6. The van der Waals surface area contributed by atoms with Crippen molar-refractivity contribution in [3.63, 3.8) is 0 Å². The number of ether oxygens (including phenoxy) is 1. The van der Waals surface area contributed by atoms with Gasteiger partial charge in [-0.2, -0.15) is 0 Å². The van der Waals surface area contributed by atoms with Crippen LogP contribution in [-0.2, 0) is 4.74 Å². The van der Waals surface area contributed by atoms with Gasteiger partial charge in [0.1, 0.15) is 24.4 Å². The maximum absolute atomic E-state index is 10.2. The monoisotopic (exact) mass is 294 g/mol. The summed E-state index contributed by atoms with van der Waals surface area (Å²) >= 11 is 0. The van der Waals surface area contributed by atoms with E-state index in [1.807, 2.05) is 6.92 Å². The Bertz CT molecular complexity index is 286. The molecule has 1 fully saturated rings. The Morgan fingerprint density at radius 2 is 1.80 bits per heavy atom. The Balaban J connectivity index is 2.64. The zero-order valence-electron chi connectivity index (χ0n) is 11.7. The van der Waals surface area contributed by atoms with Crippen molar-refractivity contribution in [3.8, 4) is 0 Å². The highest BCUT2D eigenvalue weighted by Gasteiger charge is 2.53. The molecule has 1 unspecified atom stereocenters. The molecule has 1 aliphatic rings. The molecule has 7 nitrogen and oxygen atoms in total. The van der Waals surface area contributed by atoms with Crippen molar-refractivity contribution in [1.29, 1.82) is 0 Å². The van der Waals surface area contributed by atoms with Crippen LogP contribution in [-0.4, -0.2) is 73.6 Å². The van der Waals surface area contributed by atoms with E-state index in [4.69, 9.17) is 9.84 Å². The molecule has 0 aromatic rings. The topological polar surface area (TPSA) is 131 Å². The Hall–Kier alpha value is -0.280. The van der Waals surface area contributed by atoms with Gasteiger partial charge in [-0.05, 0) is 6.42 Å². The van der Waals surface area contributed by atoms with Crippen molar-refractivity contribution < 1.29 is 35.4 Å². The van der Waals surface area contributed by atoms with Crippen molar-refractivity contribution >= 4 is 0 Å². The van der Waals surface area contributed by atoms with Crippen LogP contribution in [0.15, 0.2) is 0 Å². The summed E-state index contributed by atoms with van der Waals surface area (Å²) in [5.74, 6) is -2.18. The molecule has 0 amide bonds. The predicted octanol–water partition coefficient (Wildman–Crippen LogP) is -1.52. The molecule has 0 bridgehead atoms. The average Bonchev–Trinajstić information content (AvgIpc) is 2.41. The van der Waals surface area contributed by atoms with E-state index < -0.39 is 42.9 Å². The highest BCUT2D eigenvalue weighted by Crippen LogP contribution is 2.32. The van der Waals surface area contributed by atoms with Crippen LogP contribution in [0.4, 0.5) is 0 Å². The van der Waals surface area contributed by atoms with Gasteiger partial charge in [0, 0.05) is 6.42 Å². The first-order valence-corrected chi connectivity index (χ1v) is 7.09. The number of rotatable bonds is 7. The smallest absolute Gasteiger partial charge is 0.197 e. The predicted molar refractivity (Wildman–Crippen MR) is 69.7 cm³/mol. The maximum atomic E-state index is 10.2. The zero-order valence-corrected chi connectivity index (χ0v) is 11.7. The van der Waals surface area contributed by atoms with Crippen molar-refractivity contribution in [2.24, 2.45) is 0 Å². The molecule has 0 spiro atoms. The van der Waals surface area contributed by atoms with Gasteiger partial charge in [0.15, 0.2) is 5.79 Å². The summed E-state index contributed by atoms with van der Waals surface area (Å²) in [5.41, 5.74) is 0. The first-order chi connectivity index (χ1) is 9.35. The molecule has 1 heterocycles. The second-order valence-corrected chi connectivity index (χ2v) is 5.46. The highest BCUT2D eigenvalue weighted by atomic mass is 16.7. The van der Waals surface area contributed by atoms with Gasteiger partial charge in [-0.1, -0.05) is 26.2 Å². The van der Waals surface area contributed by atoms with Gasteiger partial charge in [-0.25, -0.2) is 0 Å². The summed E-state index contributed by atoms with van der Waals surface area (Å²) in [7, 11) is 0. The van der Waals surface area contributed by atoms with Gasteiger partial charge >= 0.3 is 0 Å². The molecular weight excluding hydrogens is 268 g/mol. The van der Waals surface area contributed by atoms with E-state index in [2.05, 4.69) is 0 Å². The molecule has 0 aromatic carbocycles. The molecule has 1 aliphatic heterocycles. The van der Waals surface area contributed by atoms with E-state index in [1.54, 1.807) is 0 Å². The molecular formula is C13H26O7. The summed E-state index contributed by atoms with van der Waals surface area (Å²) in [5, 5.41) is 58.2. The largest absolute Gasteiger partial charge is 0.394 e. The minimum absolute atomic E-state index is 0.293. The fraction of sp³-hybridized carbons (Fsp3) is 1.00. The normalized spacial score (nSPS) is 39.8. The Kier molecular flexibility index (Phi) is 6.80. The summed E-state index contributed by atoms with van der Waals surface area (Å²) in [6.45, 7) is 1.41. The molecule has 0 aromatic heterocycles. The molecule has 6 atom stereocenters. The third-order valence-electron chi connectivity index (χ3n) is 3.72. The first kappa shape index (κ1) is 17.8. The summed E-state index contributed by atoms with van der Waals surface area (Å²) in [4.78, 5) is 0. The molecule has 1 saturated heterocycles. The first-order valence-electron chi connectivity index (χ1n) is 7.09. The molecule has 7 heteroatoms. The summed E-state index contributed by atoms with van der Waals surface area (Å²) < 4.78 is 5.08. The van der Waals surface area contributed by atoms with Crippen LogP contribution >= 0.6 is 0 Å². The van der Waals surface area contributed by atoms with E-state index in [9.17, 15) is 25.5 Å². The molecule has 1 rings (SSSR count). The fourth-order valence-corrected chi connectivity index (χ4v) is 2.46. The van der Waals surface area contributed by atoms with E-state index in [1.165, 1.54) is 0 Å². The molecule has 0 saturated carbocycles. The van der Waals surface area contributed by atoms with Gasteiger partial charge in [-0.15, -0.1) is 0 Å². The number of hydrogen-bond acceptors (Lipinski definition) is 7. The van der Waals surface area contributed by atoms with Crippen LogP contribution in [0, 0.1) is 0 Å². The molecule has 20 heavy (non-hydrogen) atoms. The van der Waals surface area contributed by atoms with Crippen LogP contribution in [0.2, 0.25) is 0 Å².